The van der Waals surface area contributed by atoms with Gasteiger partial charge in [-0.05, 0) is 42.3 Å². The Kier molecular flexibility index (Phi) is 7.34. The predicted molar refractivity (Wildman–Crippen MR) is 92.0 cm³/mol. The van der Waals surface area contributed by atoms with E-state index in [4.69, 9.17) is 11.6 Å². The Morgan fingerprint density at radius 1 is 1.17 bits per heavy atom. The van der Waals surface area contributed by atoms with Gasteiger partial charge >= 0.3 is 6.61 Å². The fourth-order valence-electron chi connectivity index (χ4n) is 1.99. The van der Waals surface area contributed by atoms with Gasteiger partial charge in [-0.1, -0.05) is 29.8 Å². The number of para-hydroxylation sites is 1. The number of rotatable bonds is 8. The van der Waals surface area contributed by atoms with Crippen LogP contribution in [0.25, 0.3) is 0 Å². The molecule has 0 bridgehead atoms. The normalized spacial score (nSPS) is 10.7. The third-order valence-corrected chi connectivity index (χ3v) is 4.35. The number of ether oxygens (including phenoxy) is 1. The second-order valence-electron chi connectivity index (χ2n) is 4.83. The van der Waals surface area contributed by atoms with Crippen molar-refractivity contribution in [2.45, 2.75) is 17.9 Å². The maximum Gasteiger partial charge on any atom is 0.387 e. The van der Waals surface area contributed by atoms with Gasteiger partial charge in [0.1, 0.15) is 5.75 Å². The van der Waals surface area contributed by atoms with Crippen LogP contribution in [0.3, 0.4) is 0 Å². The molecule has 0 atom stereocenters. The molecule has 2 aromatic carbocycles. The van der Waals surface area contributed by atoms with E-state index in [1.54, 1.807) is 30.3 Å². The van der Waals surface area contributed by atoms with Crippen molar-refractivity contribution in [3.05, 3.63) is 59.1 Å². The molecule has 0 unspecified atom stereocenters. The molecule has 0 saturated heterocycles. The largest absolute Gasteiger partial charge is 0.435 e. The average Bonchev–Trinajstić information content (AvgIpc) is 2.55. The average molecular weight is 372 g/mol. The minimum atomic E-state index is -2.86. The highest BCUT2D eigenvalue weighted by Crippen LogP contribution is 2.21. The lowest BCUT2D eigenvalue weighted by molar-refractivity contribution is -0.118. The molecule has 128 valence electrons. The van der Waals surface area contributed by atoms with E-state index in [0.29, 0.717) is 23.6 Å². The van der Waals surface area contributed by atoms with Crippen LogP contribution in [0.5, 0.6) is 5.75 Å². The quantitative estimate of drug-likeness (QED) is 0.699. The zero-order valence-electron chi connectivity index (χ0n) is 12.7. The van der Waals surface area contributed by atoms with Gasteiger partial charge in [-0.2, -0.15) is 8.78 Å². The van der Waals surface area contributed by atoms with Gasteiger partial charge in [-0.15, -0.1) is 11.8 Å². The summed E-state index contributed by atoms with van der Waals surface area (Å²) in [7, 11) is 0. The Balaban J connectivity index is 1.75. The smallest absolute Gasteiger partial charge is 0.387 e. The fourth-order valence-corrected chi connectivity index (χ4v) is 2.84. The van der Waals surface area contributed by atoms with Crippen molar-refractivity contribution < 1.29 is 18.3 Å². The first kappa shape index (κ1) is 18.5. The number of carbonyl (C=O) groups is 1. The first-order valence-electron chi connectivity index (χ1n) is 7.22. The number of amides is 1. The van der Waals surface area contributed by atoms with Crippen LogP contribution in [0.4, 0.5) is 8.78 Å². The Hall–Kier alpha value is -1.79. The summed E-state index contributed by atoms with van der Waals surface area (Å²) in [6, 6.07) is 13.8. The minimum Gasteiger partial charge on any atom is -0.435 e. The highest BCUT2D eigenvalue weighted by Gasteiger charge is 2.09. The molecule has 0 aliphatic rings. The molecule has 0 aliphatic heterocycles. The lowest BCUT2D eigenvalue weighted by atomic mass is 10.1. The van der Waals surface area contributed by atoms with Crippen LogP contribution in [0.2, 0.25) is 5.02 Å². The number of benzene rings is 2. The van der Waals surface area contributed by atoms with Crippen LogP contribution in [0.15, 0.2) is 53.4 Å². The highest BCUT2D eigenvalue weighted by atomic mass is 35.5. The van der Waals surface area contributed by atoms with Crippen LogP contribution >= 0.6 is 23.4 Å². The summed E-state index contributed by atoms with van der Waals surface area (Å²) >= 11 is 7.20. The van der Waals surface area contributed by atoms with Gasteiger partial charge in [-0.3, -0.25) is 4.79 Å². The van der Waals surface area contributed by atoms with Gasteiger partial charge in [0.2, 0.25) is 5.91 Å². The van der Waals surface area contributed by atoms with Crippen molar-refractivity contribution >= 4 is 29.3 Å². The summed E-state index contributed by atoms with van der Waals surface area (Å²) in [4.78, 5) is 12.8. The zero-order valence-corrected chi connectivity index (χ0v) is 14.2. The van der Waals surface area contributed by atoms with Gasteiger partial charge in [-0.25, -0.2) is 0 Å². The molecule has 24 heavy (non-hydrogen) atoms. The zero-order chi connectivity index (χ0) is 17.4. The van der Waals surface area contributed by atoms with Gasteiger partial charge in [0.25, 0.3) is 0 Å². The highest BCUT2D eigenvalue weighted by molar-refractivity contribution is 8.00. The number of carbonyl (C=O) groups excluding carboxylic acids is 1. The Morgan fingerprint density at radius 2 is 1.88 bits per heavy atom. The molecular weight excluding hydrogens is 356 g/mol. The third kappa shape index (κ3) is 6.37. The van der Waals surface area contributed by atoms with E-state index in [-0.39, 0.29) is 17.4 Å². The molecule has 0 radical (unpaired) electrons. The number of hydrogen-bond acceptors (Lipinski definition) is 3. The molecule has 7 heteroatoms. The Labute approximate surface area is 148 Å². The predicted octanol–water partition coefficient (Wildman–Crippen LogP) is 4.39. The molecular formula is C17H16ClF2NO2S. The number of halogens is 3. The van der Waals surface area contributed by atoms with Crippen LogP contribution < -0.4 is 10.1 Å². The van der Waals surface area contributed by atoms with Crippen LogP contribution in [0.1, 0.15) is 5.56 Å². The van der Waals surface area contributed by atoms with Crippen molar-refractivity contribution in [1.29, 1.82) is 0 Å². The molecule has 0 heterocycles. The number of alkyl halides is 2. The fraction of sp³-hybridized carbons (Fsp3) is 0.235. The van der Waals surface area contributed by atoms with Crippen LogP contribution in [-0.2, 0) is 11.2 Å². The lowest BCUT2D eigenvalue weighted by Crippen LogP contribution is -2.27. The molecule has 2 aromatic rings. The number of hydrogen-bond donors (Lipinski definition) is 1. The van der Waals surface area contributed by atoms with E-state index in [9.17, 15) is 13.6 Å². The van der Waals surface area contributed by atoms with Crippen molar-refractivity contribution in [2.24, 2.45) is 0 Å². The second-order valence-corrected chi connectivity index (χ2v) is 6.31. The SMILES string of the molecule is O=C(CSc1ccc(Cl)cc1)NCCc1ccccc1OC(F)F. The molecule has 2 rings (SSSR count). The van der Waals surface area contributed by atoms with E-state index in [2.05, 4.69) is 10.1 Å². The van der Waals surface area contributed by atoms with Crippen LogP contribution in [0, 0.1) is 0 Å². The van der Waals surface area contributed by atoms with Gasteiger partial charge in [0.15, 0.2) is 0 Å². The van der Waals surface area contributed by atoms with E-state index in [1.165, 1.54) is 17.8 Å². The Bertz CT molecular complexity index is 668. The molecule has 3 nitrogen and oxygen atoms in total. The summed E-state index contributed by atoms with van der Waals surface area (Å²) in [5, 5.41) is 3.41. The standard InChI is InChI=1S/C17H16ClF2NO2S/c18-13-5-7-14(8-6-13)24-11-16(22)21-10-9-12-3-1-2-4-15(12)23-17(19)20/h1-8,17H,9-11H2,(H,21,22). The molecule has 0 spiro atoms. The van der Waals surface area contributed by atoms with Gasteiger partial charge in [0.05, 0.1) is 5.75 Å². The molecule has 0 aromatic heterocycles. The topological polar surface area (TPSA) is 38.3 Å². The van der Waals surface area contributed by atoms with Gasteiger partial charge < -0.3 is 10.1 Å². The molecule has 1 N–H and O–H groups in total. The lowest BCUT2D eigenvalue weighted by Gasteiger charge is -2.11. The molecule has 0 aliphatic carbocycles. The first-order valence-corrected chi connectivity index (χ1v) is 8.59. The maximum atomic E-state index is 12.3. The minimum absolute atomic E-state index is 0.123. The van der Waals surface area contributed by atoms with E-state index in [0.717, 1.165) is 4.90 Å². The molecule has 1 amide bonds. The summed E-state index contributed by atoms with van der Waals surface area (Å²) in [5.74, 6) is 0.288. The van der Waals surface area contributed by atoms with E-state index < -0.39 is 6.61 Å². The van der Waals surface area contributed by atoms with Crippen molar-refractivity contribution in [3.63, 3.8) is 0 Å². The van der Waals surface area contributed by atoms with Crippen LogP contribution in [-0.4, -0.2) is 24.8 Å². The molecule has 0 saturated carbocycles. The van der Waals surface area contributed by atoms with Gasteiger partial charge in [0, 0.05) is 16.5 Å². The molecule has 0 fully saturated rings. The Morgan fingerprint density at radius 3 is 2.58 bits per heavy atom. The van der Waals surface area contributed by atoms with Crippen molar-refractivity contribution in [2.75, 3.05) is 12.3 Å². The summed E-state index contributed by atoms with van der Waals surface area (Å²) in [6.07, 6.45) is 0.417. The van der Waals surface area contributed by atoms with Crippen molar-refractivity contribution in [3.8, 4) is 5.75 Å². The first-order chi connectivity index (χ1) is 11.5. The van der Waals surface area contributed by atoms with Crippen molar-refractivity contribution in [1.82, 2.24) is 5.32 Å². The number of nitrogens with one attached hydrogen (secondary N) is 1. The maximum absolute atomic E-state index is 12.3. The number of thioether (sulfide) groups is 1. The summed E-state index contributed by atoms with van der Waals surface area (Å²) in [6.45, 7) is -2.51. The monoisotopic (exact) mass is 371 g/mol. The second kappa shape index (κ2) is 9.49. The third-order valence-electron chi connectivity index (χ3n) is 3.09. The summed E-state index contributed by atoms with van der Waals surface area (Å²) < 4.78 is 29.1. The summed E-state index contributed by atoms with van der Waals surface area (Å²) in [5.41, 5.74) is 0.628. The van der Waals surface area contributed by atoms with E-state index in [1.807, 2.05) is 12.1 Å². The van der Waals surface area contributed by atoms with E-state index >= 15 is 0 Å².